The molecule has 0 aromatic heterocycles. The van der Waals surface area contributed by atoms with Crippen LogP contribution in [0.5, 0.6) is 0 Å². The van der Waals surface area contributed by atoms with Gasteiger partial charge in [-0.3, -0.25) is 19.3 Å². The SMILES string of the molecule is CCOC(=O)N1CCN(CC(=O)N2CCNC(=O)[C@@H]2CC(=O)Nc2cc(Cl)cc(Cl)c2)CC1. The monoisotopic (exact) mass is 499 g/mol. The molecule has 10 nitrogen and oxygen atoms in total. The second-order valence-corrected chi connectivity index (χ2v) is 8.64. The van der Waals surface area contributed by atoms with Gasteiger partial charge in [0.25, 0.3) is 0 Å². The van der Waals surface area contributed by atoms with Gasteiger partial charge in [-0.25, -0.2) is 4.79 Å². The van der Waals surface area contributed by atoms with Crippen molar-refractivity contribution >= 4 is 52.7 Å². The topological polar surface area (TPSA) is 111 Å². The summed E-state index contributed by atoms with van der Waals surface area (Å²) < 4.78 is 5.01. The number of ether oxygens (including phenoxy) is 1. The molecule has 2 heterocycles. The van der Waals surface area contributed by atoms with Crippen LogP contribution in [-0.4, -0.2) is 97.0 Å². The molecule has 2 saturated heterocycles. The normalized spacial score (nSPS) is 19.1. The number of rotatable bonds is 6. The lowest BCUT2D eigenvalue weighted by molar-refractivity contribution is -0.145. The summed E-state index contributed by atoms with van der Waals surface area (Å²) in [6.07, 6.45) is -0.554. The highest BCUT2D eigenvalue weighted by atomic mass is 35.5. The van der Waals surface area contributed by atoms with E-state index >= 15 is 0 Å². The molecule has 0 radical (unpaired) electrons. The van der Waals surface area contributed by atoms with Gasteiger partial charge in [-0.2, -0.15) is 0 Å². The molecule has 1 atom stereocenters. The van der Waals surface area contributed by atoms with E-state index in [0.29, 0.717) is 61.6 Å². The van der Waals surface area contributed by atoms with Gasteiger partial charge in [0.05, 0.1) is 19.6 Å². The van der Waals surface area contributed by atoms with Crippen LogP contribution in [0.15, 0.2) is 18.2 Å². The van der Waals surface area contributed by atoms with Gasteiger partial charge in [-0.05, 0) is 25.1 Å². The van der Waals surface area contributed by atoms with E-state index in [1.165, 1.54) is 4.90 Å². The highest BCUT2D eigenvalue weighted by Crippen LogP contribution is 2.23. The first-order valence-electron chi connectivity index (χ1n) is 10.7. The Morgan fingerprint density at radius 3 is 2.39 bits per heavy atom. The molecule has 0 bridgehead atoms. The number of hydrogen-bond acceptors (Lipinski definition) is 6. The summed E-state index contributed by atoms with van der Waals surface area (Å²) in [6, 6.07) is 3.72. The van der Waals surface area contributed by atoms with Gasteiger partial charge in [-0.15, -0.1) is 0 Å². The maximum Gasteiger partial charge on any atom is 0.409 e. The van der Waals surface area contributed by atoms with Gasteiger partial charge in [-0.1, -0.05) is 23.2 Å². The molecule has 2 aliphatic heterocycles. The zero-order valence-corrected chi connectivity index (χ0v) is 19.8. The van der Waals surface area contributed by atoms with Gasteiger partial charge in [0.2, 0.25) is 17.7 Å². The fraction of sp³-hybridized carbons (Fsp3) is 0.524. The first-order valence-corrected chi connectivity index (χ1v) is 11.5. The lowest BCUT2D eigenvalue weighted by atomic mass is 10.1. The standard InChI is InChI=1S/C21H27Cl2N5O5/c1-2-33-21(32)27-7-5-26(6-8-27)13-19(30)28-4-3-24-20(31)17(28)12-18(29)25-16-10-14(22)9-15(23)11-16/h9-11,17H,2-8,12-13H2,1H3,(H,24,31)(H,25,29)/t17-/m0/s1. The third-order valence-electron chi connectivity index (χ3n) is 5.43. The molecule has 2 aliphatic rings. The van der Waals surface area contributed by atoms with E-state index in [0.717, 1.165) is 0 Å². The van der Waals surface area contributed by atoms with Crippen LogP contribution < -0.4 is 10.6 Å². The maximum absolute atomic E-state index is 13.0. The minimum absolute atomic E-state index is 0.103. The average Bonchev–Trinajstić information content (AvgIpc) is 2.75. The van der Waals surface area contributed by atoms with Crippen molar-refractivity contribution in [2.45, 2.75) is 19.4 Å². The number of hydrogen-bond donors (Lipinski definition) is 2. The summed E-state index contributed by atoms with van der Waals surface area (Å²) in [5.74, 6) is -1.05. The number of piperazine rings is 2. The number of carbonyl (C=O) groups is 4. The van der Waals surface area contributed by atoms with Crippen LogP contribution in [-0.2, 0) is 19.1 Å². The van der Waals surface area contributed by atoms with Crippen LogP contribution in [0.4, 0.5) is 10.5 Å². The minimum Gasteiger partial charge on any atom is -0.450 e. The second-order valence-electron chi connectivity index (χ2n) is 7.77. The van der Waals surface area contributed by atoms with E-state index in [2.05, 4.69) is 10.6 Å². The Bertz CT molecular complexity index is 887. The van der Waals surface area contributed by atoms with Crippen molar-refractivity contribution in [1.29, 1.82) is 0 Å². The Morgan fingerprint density at radius 2 is 1.76 bits per heavy atom. The molecular formula is C21H27Cl2N5O5. The highest BCUT2D eigenvalue weighted by Gasteiger charge is 2.35. The van der Waals surface area contributed by atoms with Gasteiger partial charge < -0.3 is 25.2 Å². The Morgan fingerprint density at radius 1 is 1.09 bits per heavy atom. The van der Waals surface area contributed by atoms with Crippen molar-refractivity contribution in [1.82, 2.24) is 20.0 Å². The third kappa shape index (κ3) is 6.96. The number of nitrogens with zero attached hydrogens (tertiary/aromatic N) is 3. The van der Waals surface area contributed by atoms with Gasteiger partial charge >= 0.3 is 6.09 Å². The molecule has 2 N–H and O–H groups in total. The molecule has 4 amide bonds. The Balaban J connectivity index is 1.57. The van der Waals surface area contributed by atoms with Crippen molar-refractivity contribution < 1.29 is 23.9 Å². The molecule has 33 heavy (non-hydrogen) atoms. The number of benzene rings is 1. The fourth-order valence-electron chi connectivity index (χ4n) is 3.82. The smallest absolute Gasteiger partial charge is 0.409 e. The number of amides is 4. The highest BCUT2D eigenvalue weighted by molar-refractivity contribution is 6.35. The lowest BCUT2D eigenvalue weighted by Crippen LogP contribution is -2.60. The van der Waals surface area contributed by atoms with Crippen LogP contribution in [0.3, 0.4) is 0 Å². The number of nitrogens with one attached hydrogen (secondary N) is 2. The largest absolute Gasteiger partial charge is 0.450 e. The quantitative estimate of drug-likeness (QED) is 0.612. The van der Waals surface area contributed by atoms with Crippen molar-refractivity contribution in [2.75, 3.05) is 57.7 Å². The Hall–Kier alpha value is -2.56. The molecule has 0 unspecified atom stereocenters. The molecule has 180 valence electrons. The first-order chi connectivity index (χ1) is 15.8. The first kappa shape index (κ1) is 25.1. The summed E-state index contributed by atoms with van der Waals surface area (Å²) in [4.78, 5) is 54.9. The molecule has 12 heteroatoms. The second kappa shape index (κ2) is 11.5. The molecule has 3 rings (SSSR count). The predicted molar refractivity (Wildman–Crippen MR) is 123 cm³/mol. The number of carbonyl (C=O) groups excluding carboxylic acids is 4. The lowest BCUT2D eigenvalue weighted by Gasteiger charge is -2.38. The van der Waals surface area contributed by atoms with Crippen molar-refractivity contribution in [3.63, 3.8) is 0 Å². The number of anilines is 1. The molecule has 0 saturated carbocycles. The predicted octanol–water partition coefficient (Wildman–Crippen LogP) is 1.42. The molecular weight excluding hydrogens is 473 g/mol. The summed E-state index contributed by atoms with van der Waals surface area (Å²) in [7, 11) is 0. The van der Waals surface area contributed by atoms with E-state index in [-0.39, 0.29) is 30.9 Å². The van der Waals surface area contributed by atoms with Crippen molar-refractivity contribution in [3.05, 3.63) is 28.2 Å². The zero-order valence-electron chi connectivity index (χ0n) is 18.3. The van der Waals surface area contributed by atoms with Crippen LogP contribution in [0, 0.1) is 0 Å². The molecule has 2 fully saturated rings. The molecule has 0 aliphatic carbocycles. The van der Waals surface area contributed by atoms with Gasteiger partial charge in [0.1, 0.15) is 6.04 Å². The summed E-state index contributed by atoms with van der Waals surface area (Å²) in [6.45, 7) is 4.76. The van der Waals surface area contributed by atoms with E-state index in [1.807, 2.05) is 4.90 Å². The van der Waals surface area contributed by atoms with Crippen molar-refractivity contribution in [3.8, 4) is 0 Å². The summed E-state index contributed by atoms with van der Waals surface area (Å²) >= 11 is 11.9. The summed E-state index contributed by atoms with van der Waals surface area (Å²) in [5, 5.41) is 6.12. The zero-order chi connectivity index (χ0) is 24.0. The number of halogens is 2. The van der Waals surface area contributed by atoms with Gasteiger partial charge in [0, 0.05) is 55.0 Å². The van der Waals surface area contributed by atoms with E-state index in [9.17, 15) is 19.2 Å². The molecule has 1 aromatic rings. The molecule has 1 aromatic carbocycles. The van der Waals surface area contributed by atoms with Gasteiger partial charge in [0.15, 0.2) is 0 Å². The summed E-state index contributed by atoms with van der Waals surface area (Å²) in [5.41, 5.74) is 0.408. The average molecular weight is 500 g/mol. The maximum atomic E-state index is 13.0. The minimum atomic E-state index is -0.915. The van der Waals surface area contributed by atoms with Crippen molar-refractivity contribution in [2.24, 2.45) is 0 Å². The Labute approximate surface area is 202 Å². The Kier molecular flexibility index (Phi) is 8.76. The van der Waals surface area contributed by atoms with Crippen LogP contribution >= 0.6 is 23.2 Å². The molecule has 0 spiro atoms. The van der Waals surface area contributed by atoms with E-state index < -0.39 is 11.9 Å². The van der Waals surface area contributed by atoms with E-state index in [4.69, 9.17) is 27.9 Å². The fourth-order valence-corrected chi connectivity index (χ4v) is 4.34. The van der Waals surface area contributed by atoms with Crippen LogP contribution in [0.1, 0.15) is 13.3 Å². The third-order valence-corrected chi connectivity index (χ3v) is 5.87. The van der Waals surface area contributed by atoms with Crippen LogP contribution in [0.2, 0.25) is 10.0 Å². The van der Waals surface area contributed by atoms with E-state index in [1.54, 1.807) is 30.0 Å². The van der Waals surface area contributed by atoms with Crippen LogP contribution in [0.25, 0.3) is 0 Å².